The highest BCUT2D eigenvalue weighted by Gasteiger charge is 2.08. The smallest absolute Gasteiger partial charge is 0.269 e. The van der Waals surface area contributed by atoms with Crippen LogP contribution in [-0.2, 0) is 22.3 Å². The Labute approximate surface area is 78.2 Å². The monoisotopic (exact) mass is 200 g/mol. The minimum absolute atomic E-state index is 0.295. The van der Waals surface area contributed by atoms with Crippen molar-refractivity contribution in [1.29, 1.82) is 0 Å². The lowest BCUT2D eigenvalue weighted by Gasteiger charge is -2.04. The van der Waals surface area contributed by atoms with E-state index in [1.807, 2.05) is 19.1 Å². The molecular weight excluding hydrogens is 188 g/mol. The van der Waals surface area contributed by atoms with Crippen LogP contribution in [0.3, 0.4) is 0 Å². The summed E-state index contributed by atoms with van der Waals surface area (Å²) in [6, 6.07) is 7.19. The normalized spacial score (nSPS) is 11.5. The zero-order valence-electron chi connectivity index (χ0n) is 7.40. The van der Waals surface area contributed by atoms with Crippen LogP contribution in [-0.4, -0.2) is 13.0 Å². The fourth-order valence-electron chi connectivity index (χ4n) is 1.24. The first-order valence-electron chi connectivity index (χ1n) is 4.05. The molecule has 0 atom stereocenters. The molecule has 1 aromatic rings. The van der Waals surface area contributed by atoms with Gasteiger partial charge in [-0.15, -0.1) is 0 Å². The molecule has 0 spiro atoms. The van der Waals surface area contributed by atoms with Crippen molar-refractivity contribution in [3.8, 4) is 0 Å². The number of aryl methyl sites for hydroxylation is 1. The Balaban J connectivity index is 3.01. The summed E-state index contributed by atoms with van der Waals surface area (Å²) in [6.07, 6.45) is 0.770. The second kappa shape index (κ2) is 3.89. The Morgan fingerprint density at radius 3 is 2.23 bits per heavy atom. The third-order valence-corrected chi connectivity index (χ3v) is 2.51. The molecule has 0 unspecified atom stereocenters. The van der Waals surface area contributed by atoms with Crippen molar-refractivity contribution in [2.75, 3.05) is 0 Å². The second-order valence-electron chi connectivity index (χ2n) is 2.85. The van der Waals surface area contributed by atoms with Gasteiger partial charge in [-0.25, -0.2) is 0 Å². The van der Waals surface area contributed by atoms with E-state index in [0.717, 1.165) is 12.0 Å². The quantitative estimate of drug-likeness (QED) is 0.754. The van der Waals surface area contributed by atoms with Crippen molar-refractivity contribution in [3.63, 3.8) is 0 Å². The lowest BCUT2D eigenvalue weighted by Crippen LogP contribution is -2.03. The van der Waals surface area contributed by atoms with Crippen LogP contribution in [0.4, 0.5) is 0 Å². The molecule has 3 nitrogen and oxygen atoms in total. The summed E-state index contributed by atoms with van der Waals surface area (Å²) in [5.41, 5.74) is 1.63. The predicted octanol–water partition coefficient (Wildman–Crippen LogP) is 1.64. The van der Waals surface area contributed by atoms with Crippen LogP contribution in [0.5, 0.6) is 0 Å². The minimum Gasteiger partial charge on any atom is -0.285 e. The molecule has 0 saturated carbocycles. The molecule has 1 aromatic carbocycles. The first-order valence-corrected chi connectivity index (χ1v) is 5.66. The first-order chi connectivity index (χ1) is 6.03. The van der Waals surface area contributed by atoms with Gasteiger partial charge in [0.2, 0.25) is 0 Å². The van der Waals surface area contributed by atoms with Crippen LogP contribution in [0.25, 0.3) is 0 Å². The Morgan fingerprint density at radius 1 is 1.23 bits per heavy atom. The van der Waals surface area contributed by atoms with E-state index in [0.29, 0.717) is 5.56 Å². The highest BCUT2D eigenvalue weighted by molar-refractivity contribution is 7.85. The summed E-state index contributed by atoms with van der Waals surface area (Å²) in [4.78, 5) is 0. The zero-order chi connectivity index (χ0) is 9.90. The van der Waals surface area contributed by atoms with E-state index in [-0.39, 0.29) is 5.75 Å². The van der Waals surface area contributed by atoms with Crippen LogP contribution < -0.4 is 0 Å². The molecule has 0 aliphatic rings. The van der Waals surface area contributed by atoms with Gasteiger partial charge < -0.3 is 0 Å². The zero-order valence-corrected chi connectivity index (χ0v) is 8.21. The number of hydrogen-bond donors (Lipinski definition) is 1. The number of rotatable bonds is 3. The van der Waals surface area contributed by atoms with Gasteiger partial charge >= 0.3 is 0 Å². The van der Waals surface area contributed by atoms with Crippen LogP contribution in [0.2, 0.25) is 0 Å². The van der Waals surface area contributed by atoms with Gasteiger partial charge in [0.1, 0.15) is 5.75 Å². The van der Waals surface area contributed by atoms with Gasteiger partial charge in [-0.1, -0.05) is 31.2 Å². The molecule has 0 fully saturated rings. The van der Waals surface area contributed by atoms with E-state index in [1.165, 1.54) is 0 Å². The third-order valence-electron chi connectivity index (χ3n) is 1.84. The minimum atomic E-state index is -3.91. The Hall–Kier alpha value is -0.870. The Bertz CT molecular complexity index is 382. The van der Waals surface area contributed by atoms with Gasteiger partial charge in [0.15, 0.2) is 0 Å². The average molecular weight is 200 g/mol. The van der Waals surface area contributed by atoms with E-state index in [4.69, 9.17) is 4.55 Å². The van der Waals surface area contributed by atoms with E-state index in [9.17, 15) is 8.42 Å². The Morgan fingerprint density at radius 2 is 1.77 bits per heavy atom. The topological polar surface area (TPSA) is 54.4 Å². The molecule has 0 radical (unpaired) electrons. The fraction of sp³-hybridized carbons (Fsp3) is 0.333. The largest absolute Gasteiger partial charge is 0.285 e. The van der Waals surface area contributed by atoms with Crippen LogP contribution in [0, 0.1) is 0 Å². The van der Waals surface area contributed by atoms with Crippen LogP contribution in [0.1, 0.15) is 18.1 Å². The molecule has 0 saturated heterocycles. The average Bonchev–Trinajstić information content (AvgIpc) is 2.02. The highest BCUT2D eigenvalue weighted by Crippen LogP contribution is 2.12. The maximum Gasteiger partial charge on any atom is 0.269 e. The molecule has 0 bridgehead atoms. The summed E-state index contributed by atoms with van der Waals surface area (Å²) in [7, 11) is -3.91. The third kappa shape index (κ3) is 3.16. The highest BCUT2D eigenvalue weighted by atomic mass is 32.2. The van der Waals surface area contributed by atoms with E-state index in [2.05, 4.69) is 0 Å². The first kappa shape index (κ1) is 10.2. The van der Waals surface area contributed by atoms with Gasteiger partial charge in [0.25, 0.3) is 10.1 Å². The summed E-state index contributed by atoms with van der Waals surface area (Å²) >= 11 is 0. The van der Waals surface area contributed by atoms with Crippen molar-refractivity contribution < 1.29 is 13.0 Å². The lowest BCUT2D eigenvalue weighted by atomic mass is 10.1. The van der Waals surface area contributed by atoms with E-state index in [1.54, 1.807) is 12.1 Å². The van der Waals surface area contributed by atoms with Gasteiger partial charge in [-0.2, -0.15) is 8.42 Å². The van der Waals surface area contributed by atoms with Crippen molar-refractivity contribution in [2.45, 2.75) is 19.1 Å². The van der Waals surface area contributed by atoms with Gasteiger partial charge in [-0.05, 0) is 17.5 Å². The van der Waals surface area contributed by atoms with E-state index < -0.39 is 10.1 Å². The van der Waals surface area contributed by atoms with Gasteiger partial charge in [-0.3, -0.25) is 4.55 Å². The maximum absolute atomic E-state index is 10.6. The molecule has 72 valence electrons. The summed E-state index contributed by atoms with van der Waals surface area (Å²) in [6.45, 7) is 1.95. The fourth-order valence-corrected chi connectivity index (χ4v) is 1.91. The van der Waals surface area contributed by atoms with Crippen molar-refractivity contribution in [3.05, 3.63) is 35.4 Å². The molecule has 0 aromatic heterocycles. The van der Waals surface area contributed by atoms with Crippen LogP contribution in [0.15, 0.2) is 24.3 Å². The standard InChI is InChI=1S/C9H12O3S/c1-2-8-5-3-4-6-9(8)7-13(10,11)12/h3-6H,2,7H2,1H3,(H,10,11,12). The lowest BCUT2D eigenvalue weighted by molar-refractivity contribution is 0.482. The number of hydrogen-bond acceptors (Lipinski definition) is 2. The van der Waals surface area contributed by atoms with Gasteiger partial charge in [0.05, 0.1) is 0 Å². The van der Waals surface area contributed by atoms with Crippen molar-refractivity contribution in [1.82, 2.24) is 0 Å². The predicted molar refractivity (Wildman–Crippen MR) is 51.1 cm³/mol. The molecule has 4 heteroatoms. The molecule has 0 aliphatic heterocycles. The molecule has 0 aliphatic carbocycles. The molecule has 1 N–H and O–H groups in total. The molecule has 0 amide bonds. The molecular formula is C9H12O3S. The van der Waals surface area contributed by atoms with E-state index >= 15 is 0 Å². The summed E-state index contributed by atoms with van der Waals surface area (Å²) in [5.74, 6) is -0.295. The second-order valence-corrected chi connectivity index (χ2v) is 4.30. The SMILES string of the molecule is CCc1ccccc1CS(=O)(=O)O. The summed E-state index contributed by atoms with van der Waals surface area (Å²) < 4.78 is 29.9. The Kier molecular flexibility index (Phi) is 3.06. The maximum atomic E-state index is 10.6. The number of benzene rings is 1. The van der Waals surface area contributed by atoms with Gasteiger partial charge in [0, 0.05) is 0 Å². The molecule has 0 heterocycles. The molecule has 1 rings (SSSR count). The summed E-state index contributed by atoms with van der Waals surface area (Å²) in [5, 5.41) is 0. The molecule has 13 heavy (non-hydrogen) atoms. The van der Waals surface area contributed by atoms with Crippen molar-refractivity contribution in [2.24, 2.45) is 0 Å². The van der Waals surface area contributed by atoms with Crippen LogP contribution >= 0.6 is 0 Å². The van der Waals surface area contributed by atoms with Crippen molar-refractivity contribution >= 4 is 10.1 Å².